The number of benzene rings is 1. The molecule has 2 nitrogen and oxygen atoms in total. The Balaban J connectivity index is 2.53. The Hall–Kier alpha value is -1.20. The summed E-state index contributed by atoms with van der Waals surface area (Å²) in [6.45, 7) is 5.30. The summed E-state index contributed by atoms with van der Waals surface area (Å²) >= 11 is 5.89. The first-order valence-electron chi connectivity index (χ1n) is 5.57. The van der Waals surface area contributed by atoms with Crippen molar-refractivity contribution >= 4 is 17.3 Å². The molecule has 0 aliphatic heterocycles. The number of rotatable bonds is 5. The van der Waals surface area contributed by atoms with Crippen LogP contribution >= 0.6 is 11.6 Å². The summed E-state index contributed by atoms with van der Waals surface area (Å²) in [6.07, 6.45) is 2.30. The average Bonchev–Trinajstić information content (AvgIpc) is 2.24. The van der Waals surface area contributed by atoms with Crippen LogP contribution in [0.2, 0.25) is 5.02 Å². The lowest BCUT2D eigenvalue weighted by atomic mass is 10.1. The van der Waals surface area contributed by atoms with Gasteiger partial charge >= 0.3 is 0 Å². The van der Waals surface area contributed by atoms with Crippen molar-refractivity contribution in [3.05, 3.63) is 28.8 Å². The number of halogens is 1. The van der Waals surface area contributed by atoms with Crippen LogP contribution < -0.4 is 5.32 Å². The van der Waals surface area contributed by atoms with E-state index < -0.39 is 0 Å². The van der Waals surface area contributed by atoms with Crippen molar-refractivity contribution in [2.45, 2.75) is 26.7 Å². The third-order valence-electron chi connectivity index (χ3n) is 2.38. The fourth-order valence-electron chi connectivity index (χ4n) is 1.49. The maximum absolute atomic E-state index is 8.92. The maximum Gasteiger partial charge on any atom is 0.101 e. The van der Waals surface area contributed by atoms with E-state index in [0.29, 0.717) is 10.6 Å². The average molecular weight is 237 g/mol. The molecule has 0 aliphatic rings. The Kier molecular flexibility index (Phi) is 5.14. The second kappa shape index (κ2) is 6.40. The number of hydrogen-bond acceptors (Lipinski definition) is 2. The normalized spacial score (nSPS) is 10.2. The van der Waals surface area contributed by atoms with Gasteiger partial charge in [0.1, 0.15) is 6.07 Å². The zero-order chi connectivity index (χ0) is 12.0. The molecule has 0 saturated heterocycles. The third-order valence-corrected chi connectivity index (χ3v) is 2.61. The van der Waals surface area contributed by atoms with Crippen LogP contribution in [-0.2, 0) is 0 Å². The Morgan fingerprint density at radius 3 is 2.81 bits per heavy atom. The van der Waals surface area contributed by atoms with Crippen LogP contribution in [0, 0.1) is 17.2 Å². The SMILES string of the molecule is CC(C)CCCNc1cc(Cl)ccc1C#N. The summed E-state index contributed by atoms with van der Waals surface area (Å²) in [4.78, 5) is 0. The zero-order valence-electron chi connectivity index (χ0n) is 9.76. The van der Waals surface area contributed by atoms with E-state index in [1.165, 1.54) is 6.42 Å². The Morgan fingerprint density at radius 1 is 1.44 bits per heavy atom. The molecule has 0 unspecified atom stereocenters. The van der Waals surface area contributed by atoms with Crippen molar-refractivity contribution < 1.29 is 0 Å². The first kappa shape index (κ1) is 12.9. The molecule has 0 amide bonds. The molecule has 86 valence electrons. The van der Waals surface area contributed by atoms with Crippen molar-refractivity contribution in [3.8, 4) is 6.07 Å². The molecule has 0 bridgehead atoms. The molecule has 0 aliphatic carbocycles. The summed E-state index contributed by atoms with van der Waals surface area (Å²) in [5, 5.41) is 12.8. The number of nitriles is 1. The summed E-state index contributed by atoms with van der Waals surface area (Å²) in [6, 6.07) is 7.43. The topological polar surface area (TPSA) is 35.8 Å². The smallest absolute Gasteiger partial charge is 0.101 e. The highest BCUT2D eigenvalue weighted by Gasteiger charge is 2.02. The fraction of sp³-hybridized carbons (Fsp3) is 0.462. The lowest BCUT2D eigenvalue weighted by molar-refractivity contribution is 0.567. The van der Waals surface area contributed by atoms with Crippen molar-refractivity contribution in [3.63, 3.8) is 0 Å². The fourth-order valence-corrected chi connectivity index (χ4v) is 1.67. The zero-order valence-corrected chi connectivity index (χ0v) is 10.5. The molecule has 0 atom stereocenters. The van der Waals surface area contributed by atoms with Crippen LogP contribution in [0.3, 0.4) is 0 Å². The quantitative estimate of drug-likeness (QED) is 0.783. The molecule has 0 fully saturated rings. The molecule has 0 aromatic heterocycles. The molecular formula is C13H17ClN2. The summed E-state index contributed by atoms with van der Waals surface area (Å²) < 4.78 is 0. The van der Waals surface area contributed by atoms with Crippen LogP contribution in [0.1, 0.15) is 32.3 Å². The van der Waals surface area contributed by atoms with Gasteiger partial charge in [0.25, 0.3) is 0 Å². The molecule has 0 heterocycles. The molecule has 16 heavy (non-hydrogen) atoms. The molecule has 1 aromatic carbocycles. The van der Waals surface area contributed by atoms with Crippen LogP contribution in [0.5, 0.6) is 0 Å². The Labute approximate surface area is 102 Å². The van der Waals surface area contributed by atoms with Gasteiger partial charge in [-0.1, -0.05) is 25.4 Å². The van der Waals surface area contributed by atoms with Crippen LogP contribution in [-0.4, -0.2) is 6.54 Å². The van der Waals surface area contributed by atoms with E-state index >= 15 is 0 Å². The third kappa shape index (κ3) is 4.12. The van der Waals surface area contributed by atoms with Gasteiger partial charge in [-0.15, -0.1) is 0 Å². The van der Waals surface area contributed by atoms with E-state index in [4.69, 9.17) is 16.9 Å². The van der Waals surface area contributed by atoms with Crippen LogP contribution in [0.25, 0.3) is 0 Å². The van der Waals surface area contributed by atoms with Gasteiger partial charge in [0.2, 0.25) is 0 Å². The summed E-state index contributed by atoms with van der Waals surface area (Å²) in [5.74, 6) is 0.719. The minimum Gasteiger partial charge on any atom is -0.384 e. The largest absolute Gasteiger partial charge is 0.384 e. The number of hydrogen-bond donors (Lipinski definition) is 1. The van der Waals surface area contributed by atoms with Gasteiger partial charge < -0.3 is 5.32 Å². The molecule has 1 N–H and O–H groups in total. The van der Waals surface area contributed by atoms with Crippen molar-refractivity contribution in [2.75, 3.05) is 11.9 Å². The Morgan fingerprint density at radius 2 is 2.19 bits per heavy atom. The van der Waals surface area contributed by atoms with E-state index in [1.54, 1.807) is 18.2 Å². The van der Waals surface area contributed by atoms with E-state index in [2.05, 4.69) is 25.2 Å². The number of nitrogens with one attached hydrogen (secondary N) is 1. The van der Waals surface area contributed by atoms with Gasteiger partial charge in [-0.3, -0.25) is 0 Å². The van der Waals surface area contributed by atoms with E-state index in [-0.39, 0.29) is 0 Å². The van der Waals surface area contributed by atoms with Gasteiger partial charge in [0, 0.05) is 11.6 Å². The van der Waals surface area contributed by atoms with Gasteiger partial charge in [-0.25, -0.2) is 0 Å². The van der Waals surface area contributed by atoms with Crippen LogP contribution in [0.15, 0.2) is 18.2 Å². The van der Waals surface area contributed by atoms with Gasteiger partial charge in [-0.2, -0.15) is 5.26 Å². The standard InChI is InChI=1S/C13H17ClN2/c1-10(2)4-3-7-16-13-8-12(14)6-5-11(13)9-15/h5-6,8,10,16H,3-4,7H2,1-2H3. The lowest BCUT2D eigenvalue weighted by Gasteiger charge is -2.09. The van der Waals surface area contributed by atoms with Crippen molar-refractivity contribution in [2.24, 2.45) is 5.92 Å². The number of nitrogens with zero attached hydrogens (tertiary/aromatic N) is 1. The van der Waals surface area contributed by atoms with Crippen molar-refractivity contribution in [1.82, 2.24) is 0 Å². The van der Waals surface area contributed by atoms with E-state index in [0.717, 1.165) is 24.6 Å². The second-order valence-electron chi connectivity index (χ2n) is 4.26. The van der Waals surface area contributed by atoms with Gasteiger partial charge in [0.15, 0.2) is 0 Å². The lowest BCUT2D eigenvalue weighted by Crippen LogP contribution is -2.04. The molecule has 0 radical (unpaired) electrons. The molecule has 3 heteroatoms. The highest BCUT2D eigenvalue weighted by atomic mass is 35.5. The van der Waals surface area contributed by atoms with Crippen molar-refractivity contribution in [1.29, 1.82) is 5.26 Å². The van der Waals surface area contributed by atoms with E-state index in [9.17, 15) is 0 Å². The minimum atomic E-state index is 0.647. The highest BCUT2D eigenvalue weighted by molar-refractivity contribution is 6.30. The summed E-state index contributed by atoms with van der Waals surface area (Å²) in [5.41, 5.74) is 1.48. The molecule has 0 saturated carbocycles. The van der Waals surface area contributed by atoms with E-state index in [1.807, 2.05) is 0 Å². The summed E-state index contributed by atoms with van der Waals surface area (Å²) in [7, 11) is 0. The second-order valence-corrected chi connectivity index (χ2v) is 4.70. The maximum atomic E-state index is 8.92. The van der Waals surface area contributed by atoms with Gasteiger partial charge in [-0.05, 0) is 37.0 Å². The minimum absolute atomic E-state index is 0.647. The molecular weight excluding hydrogens is 220 g/mol. The first-order chi connectivity index (χ1) is 7.63. The Bertz CT molecular complexity index is 380. The first-order valence-corrected chi connectivity index (χ1v) is 5.95. The highest BCUT2D eigenvalue weighted by Crippen LogP contribution is 2.20. The molecule has 0 spiro atoms. The predicted octanol–water partition coefficient (Wildman–Crippen LogP) is 4.06. The predicted molar refractivity (Wildman–Crippen MR) is 68.7 cm³/mol. The number of anilines is 1. The molecule has 1 rings (SSSR count). The monoisotopic (exact) mass is 236 g/mol. The van der Waals surface area contributed by atoms with Gasteiger partial charge in [0.05, 0.1) is 11.3 Å². The molecule has 1 aromatic rings. The van der Waals surface area contributed by atoms with Crippen LogP contribution in [0.4, 0.5) is 5.69 Å².